The van der Waals surface area contributed by atoms with Crippen molar-refractivity contribution < 1.29 is 13.5 Å². The van der Waals surface area contributed by atoms with Gasteiger partial charge in [0.2, 0.25) is 10.0 Å². The fraction of sp³-hybridized carbons (Fsp3) is 0.462. The van der Waals surface area contributed by atoms with Gasteiger partial charge in [0.25, 0.3) is 0 Å². The van der Waals surface area contributed by atoms with Crippen LogP contribution in [0.4, 0.5) is 0 Å². The lowest BCUT2D eigenvalue weighted by molar-refractivity contribution is -0.0271. The smallest absolute Gasteiger partial charge is 0.215 e. The van der Waals surface area contributed by atoms with E-state index < -0.39 is 15.6 Å². The average molecular weight is 280 g/mol. The molecule has 0 unspecified atom stereocenters. The lowest BCUT2D eigenvalue weighted by atomic mass is 9.81. The molecule has 2 N–H and O–H groups in total. The zero-order valence-electron chi connectivity index (χ0n) is 10.5. The van der Waals surface area contributed by atoms with Crippen LogP contribution in [0, 0.1) is 11.3 Å². The Kier molecular flexibility index (Phi) is 3.90. The molecule has 0 atom stereocenters. The predicted octanol–water partition coefficient (Wildman–Crippen LogP) is 0.893. The van der Waals surface area contributed by atoms with E-state index in [0.717, 1.165) is 6.42 Å². The molecule has 0 amide bonds. The third-order valence-electron chi connectivity index (χ3n) is 3.32. The maximum Gasteiger partial charge on any atom is 0.215 e. The van der Waals surface area contributed by atoms with Crippen LogP contribution < -0.4 is 4.72 Å². The van der Waals surface area contributed by atoms with Crippen LogP contribution in [-0.4, -0.2) is 25.7 Å². The first kappa shape index (κ1) is 14.0. The van der Waals surface area contributed by atoms with Crippen molar-refractivity contribution >= 4 is 10.0 Å². The Hall–Kier alpha value is -1.42. The van der Waals surface area contributed by atoms with Crippen LogP contribution in [0.1, 0.15) is 30.4 Å². The van der Waals surface area contributed by atoms with E-state index in [4.69, 9.17) is 5.26 Å². The minimum atomic E-state index is -3.49. The van der Waals surface area contributed by atoms with Gasteiger partial charge in [0.15, 0.2) is 0 Å². The van der Waals surface area contributed by atoms with Crippen molar-refractivity contribution in [1.82, 2.24) is 4.72 Å². The number of nitrogens with zero attached hydrogens (tertiary/aromatic N) is 1. The highest BCUT2D eigenvalue weighted by Gasteiger charge is 2.35. The second-order valence-electron chi connectivity index (χ2n) is 4.97. The van der Waals surface area contributed by atoms with E-state index in [9.17, 15) is 13.5 Å². The minimum Gasteiger partial charge on any atom is -0.389 e. The quantitative estimate of drug-likeness (QED) is 0.838. The molecule has 2 rings (SSSR count). The van der Waals surface area contributed by atoms with Crippen LogP contribution in [0.25, 0.3) is 0 Å². The number of hydrogen-bond acceptors (Lipinski definition) is 4. The Morgan fingerprint density at radius 1 is 1.42 bits per heavy atom. The van der Waals surface area contributed by atoms with Crippen molar-refractivity contribution in [3.63, 3.8) is 0 Å². The van der Waals surface area contributed by atoms with Gasteiger partial charge in [-0.3, -0.25) is 0 Å². The number of nitrogens with one attached hydrogen (secondary N) is 1. The zero-order valence-corrected chi connectivity index (χ0v) is 11.3. The molecule has 1 fully saturated rings. The fourth-order valence-electron chi connectivity index (χ4n) is 2.01. The first-order valence-corrected chi connectivity index (χ1v) is 7.76. The molecule has 5 nitrogen and oxygen atoms in total. The predicted molar refractivity (Wildman–Crippen MR) is 70.6 cm³/mol. The Labute approximate surface area is 112 Å². The zero-order chi connectivity index (χ0) is 13.9. The second kappa shape index (κ2) is 5.29. The number of aliphatic hydroxyl groups is 1. The Morgan fingerprint density at radius 2 is 2.16 bits per heavy atom. The third-order valence-corrected chi connectivity index (χ3v) is 4.62. The van der Waals surface area contributed by atoms with Crippen LogP contribution in [0.3, 0.4) is 0 Å². The molecule has 0 aromatic heterocycles. The second-order valence-corrected chi connectivity index (χ2v) is 6.78. The van der Waals surface area contributed by atoms with Gasteiger partial charge in [-0.05, 0) is 37.0 Å². The van der Waals surface area contributed by atoms with Crippen molar-refractivity contribution in [3.05, 3.63) is 35.4 Å². The standard InChI is InChI=1S/C13H16N2O3S/c14-8-11-3-1-4-12(7-11)9-19(17,18)15-10-13(16)5-2-6-13/h1,3-4,7,15-16H,2,5-6,9-10H2. The van der Waals surface area contributed by atoms with E-state index in [1.165, 1.54) is 0 Å². The summed E-state index contributed by atoms with van der Waals surface area (Å²) in [5.74, 6) is -0.182. The molecule has 0 spiro atoms. The Morgan fingerprint density at radius 3 is 2.74 bits per heavy atom. The summed E-state index contributed by atoms with van der Waals surface area (Å²) in [7, 11) is -3.49. The highest BCUT2D eigenvalue weighted by molar-refractivity contribution is 7.88. The van der Waals surface area contributed by atoms with Gasteiger partial charge >= 0.3 is 0 Å². The van der Waals surface area contributed by atoms with Gasteiger partial charge in [-0.2, -0.15) is 5.26 Å². The van der Waals surface area contributed by atoms with Crippen molar-refractivity contribution in [2.24, 2.45) is 0 Å². The van der Waals surface area contributed by atoms with E-state index in [-0.39, 0.29) is 12.3 Å². The SMILES string of the molecule is N#Cc1cccc(CS(=O)(=O)NCC2(O)CCC2)c1. The first-order chi connectivity index (χ1) is 8.92. The molecule has 1 saturated carbocycles. The van der Waals surface area contributed by atoms with Crippen molar-refractivity contribution in [2.75, 3.05) is 6.54 Å². The molecule has 102 valence electrons. The van der Waals surface area contributed by atoms with Gasteiger partial charge in [0.1, 0.15) is 0 Å². The van der Waals surface area contributed by atoms with E-state index in [2.05, 4.69) is 4.72 Å². The van der Waals surface area contributed by atoms with E-state index in [1.54, 1.807) is 24.3 Å². The summed E-state index contributed by atoms with van der Waals surface area (Å²) in [5, 5.41) is 18.6. The highest BCUT2D eigenvalue weighted by atomic mass is 32.2. The van der Waals surface area contributed by atoms with Gasteiger partial charge in [-0.1, -0.05) is 12.1 Å². The molecular formula is C13H16N2O3S. The average Bonchev–Trinajstić information content (AvgIpc) is 2.34. The van der Waals surface area contributed by atoms with Gasteiger partial charge in [0.05, 0.1) is 23.0 Å². The van der Waals surface area contributed by atoms with Crippen LogP contribution in [-0.2, 0) is 15.8 Å². The monoisotopic (exact) mass is 280 g/mol. The van der Waals surface area contributed by atoms with Gasteiger partial charge in [-0.25, -0.2) is 13.1 Å². The largest absolute Gasteiger partial charge is 0.389 e. The number of hydrogen-bond donors (Lipinski definition) is 2. The Bertz CT molecular complexity index is 601. The lowest BCUT2D eigenvalue weighted by Gasteiger charge is -2.36. The molecule has 1 aliphatic rings. The minimum absolute atomic E-state index is 0.0628. The number of benzene rings is 1. The van der Waals surface area contributed by atoms with Crippen LogP contribution in [0.5, 0.6) is 0 Å². The maximum absolute atomic E-state index is 11.9. The third kappa shape index (κ3) is 3.77. The maximum atomic E-state index is 11.9. The summed E-state index contributed by atoms with van der Waals surface area (Å²) >= 11 is 0. The summed E-state index contributed by atoms with van der Waals surface area (Å²) < 4.78 is 26.2. The molecule has 1 aromatic rings. The molecule has 0 heterocycles. The molecule has 1 aromatic carbocycles. The van der Waals surface area contributed by atoms with Crippen LogP contribution in [0.2, 0.25) is 0 Å². The first-order valence-electron chi connectivity index (χ1n) is 6.11. The normalized spacial score (nSPS) is 17.5. The molecule has 0 aliphatic heterocycles. The molecule has 0 bridgehead atoms. The Balaban J connectivity index is 1.98. The van der Waals surface area contributed by atoms with Crippen molar-refractivity contribution in [1.29, 1.82) is 5.26 Å². The summed E-state index contributed by atoms with van der Waals surface area (Å²) in [6, 6.07) is 8.47. The molecule has 0 saturated heterocycles. The molecule has 0 radical (unpaired) electrons. The van der Waals surface area contributed by atoms with Gasteiger partial charge in [0, 0.05) is 6.54 Å². The summed E-state index contributed by atoms with van der Waals surface area (Å²) in [6.07, 6.45) is 2.21. The van der Waals surface area contributed by atoms with E-state index in [0.29, 0.717) is 24.0 Å². The van der Waals surface area contributed by atoms with Crippen molar-refractivity contribution in [3.8, 4) is 6.07 Å². The summed E-state index contributed by atoms with van der Waals surface area (Å²) in [4.78, 5) is 0. The van der Waals surface area contributed by atoms with Crippen LogP contribution >= 0.6 is 0 Å². The molecule has 19 heavy (non-hydrogen) atoms. The molecule has 1 aliphatic carbocycles. The van der Waals surface area contributed by atoms with E-state index in [1.807, 2.05) is 6.07 Å². The highest BCUT2D eigenvalue weighted by Crippen LogP contribution is 2.30. The van der Waals surface area contributed by atoms with Crippen molar-refractivity contribution in [2.45, 2.75) is 30.6 Å². The summed E-state index contributed by atoms with van der Waals surface area (Å²) in [6.45, 7) is 0.0628. The molecular weight excluding hydrogens is 264 g/mol. The topological polar surface area (TPSA) is 90.2 Å². The van der Waals surface area contributed by atoms with E-state index >= 15 is 0 Å². The van der Waals surface area contributed by atoms with Crippen LogP contribution in [0.15, 0.2) is 24.3 Å². The lowest BCUT2D eigenvalue weighted by Crippen LogP contribution is -2.47. The fourth-order valence-corrected chi connectivity index (χ4v) is 3.22. The number of rotatable bonds is 5. The number of sulfonamides is 1. The van der Waals surface area contributed by atoms with Gasteiger partial charge in [-0.15, -0.1) is 0 Å². The summed E-state index contributed by atoms with van der Waals surface area (Å²) in [5.41, 5.74) is 0.124. The van der Waals surface area contributed by atoms with Gasteiger partial charge < -0.3 is 5.11 Å². The molecule has 6 heteroatoms. The number of nitriles is 1.